The van der Waals surface area contributed by atoms with Crippen molar-refractivity contribution in [2.45, 2.75) is 39.2 Å². The summed E-state index contributed by atoms with van der Waals surface area (Å²) < 4.78 is 10.3. The van der Waals surface area contributed by atoms with Crippen molar-refractivity contribution in [1.29, 1.82) is 5.26 Å². The highest BCUT2D eigenvalue weighted by Crippen LogP contribution is 2.13. The Kier molecular flexibility index (Phi) is 8.22. The number of carbonyl (C=O) groups excluding carboxylic acids is 2. The zero-order valence-corrected chi connectivity index (χ0v) is 13.5. The number of nitrogens with zero attached hydrogens (tertiary/aromatic N) is 1. The molecule has 0 radical (unpaired) electrons. The van der Waals surface area contributed by atoms with E-state index in [1.165, 1.54) is 0 Å². The lowest BCUT2D eigenvalue weighted by Gasteiger charge is -2.14. The fourth-order valence-electron chi connectivity index (χ4n) is 1.77. The first-order chi connectivity index (χ1) is 11.1. The van der Waals surface area contributed by atoms with Crippen LogP contribution in [0.1, 0.15) is 38.7 Å². The number of hydrogen-bond acceptors (Lipinski definition) is 5. The van der Waals surface area contributed by atoms with E-state index in [9.17, 15) is 9.59 Å². The van der Waals surface area contributed by atoms with E-state index in [0.717, 1.165) is 19.3 Å². The number of ether oxygens (including phenoxy) is 2. The molecule has 1 N–H and O–H groups in total. The van der Waals surface area contributed by atoms with E-state index in [-0.39, 0.29) is 12.5 Å². The van der Waals surface area contributed by atoms with Crippen molar-refractivity contribution < 1.29 is 19.1 Å². The van der Waals surface area contributed by atoms with E-state index in [1.807, 2.05) is 6.07 Å². The molecule has 124 valence electrons. The molecule has 0 bridgehead atoms. The fraction of sp³-hybridized carbons (Fsp3) is 0.471. The maximum absolute atomic E-state index is 11.8. The van der Waals surface area contributed by atoms with Crippen LogP contribution in [-0.4, -0.2) is 31.1 Å². The summed E-state index contributed by atoms with van der Waals surface area (Å²) in [6, 6.07) is 8.38. The predicted octanol–water partition coefficient (Wildman–Crippen LogP) is 2.18. The normalized spacial score (nSPS) is 11.2. The molecule has 0 aromatic heterocycles. The minimum atomic E-state index is -0.837. The highest BCUT2D eigenvalue weighted by Gasteiger charge is 2.17. The first-order valence-corrected chi connectivity index (χ1v) is 7.67. The van der Waals surface area contributed by atoms with Gasteiger partial charge in [0, 0.05) is 6.54 Å². The first-order valence-electron chi connectivity index (χ1n) is 7.67. The zero-order chi connectivity index (χ0) is 17.1. The third-order valence-corrected chi connectivity index (χ3v) is 3.08. The van der Waals surface area contributed by atoms with Gasteiger partial charge in [-0.15, -0.1) is 0 Å². The number of amides is 1. The number of rotatable bonds is 9. The third kappa shape index (κ3) is 7.32. The number of nitrogens with one attached hydrogen (secondary N) is 1. The molecule has 6 nitrogen and oxygen atoms in total. The van der Waals surface area contributed by atoms with Gasteiger partial charge in [-0.25, -0.2) is 4.79 Å². The van der Waals surface area contributed by atoms with Gasteiger partial charge in [0.2, 0.25) is 0 Å². The average molecular weight is 318 g/mol. The van der Waals surface area contributed by atoms with Crippen molar-refractivity contribution in [2.24, 2.45) is 0 Å². The molecule has 23 heavy (non-hydrogen) atoms. The van der Waals surface area contributed by atoms with Crippen molar-refractivity contribution in [3.05, 3.63) is 29.8 Å². The molecule has 0 saturated carbocycles. The monoisotopic (exact) mass is 318 g/mol. The Bertz CT molecular complexity index is 549. The van der Waals surface area contributed by atoms with Gasteiger partial charge in [-0.2, -0.15) is 5.26 Å². The van der Waals surface area contributed by atoms with E-state index in [0.29, 0.717) is 17.9 Å². The van der Waals surface area contributed by atoms with Crippen molar-refractivity contribution >= 4 is 11.9 Å². The summed E-state index contributed by atoms with van der Waals surface area (Å²) in [7, 11) is 0. The van der Waals surface area contributed by atoms with Crippen molar-refractivity contribution in [1.82, 2.24) is 5.32 Å². The minimum Gasteiger partial charge on any atom is -0.479 e. The first kappa shape index (κ1) is 18.5. The summed E-state index contributed by atoms with van der Waals surface area (Å²) in [4.78, 5) is 23.3. The topological polar surface area (TPSA) is 88.4 Å². The van der Waals surface area contributed by atoms with Crippen molar-refractivity contribution in [3.8, 4) is 11.8 Å². The second-order valence-electron chi connectivity index (χ2n) is 5.06. The number of esters is 1. The quantitative estimate of drug-likeness (QED) is 0.557. The summed E-state index contributed by atoms with van der Waals surface area (Å²) >= 11 is 0. The van der Waals surface area contributed by atoms with Gasteiger partial charge in [0.1, 0.15) is 5.75 Å². The van der Waals surface area contributed by atoms with Gasteiger partial charge in [0.05, 0.1) is 11.6 Å². The van der Waals surface area contributed by atoms with E-state index < -0.39 is 12.1 Å². The lowest BCUT2D eigenvalue weighted by Crippen LogP contribution is -2.33. The molecule has 0 fully saturated rings. The van der Waals surface area contributed by atoms with E-state index >= 15 is 0 Å². The van der Waals surface area contributed by atoms with Gasteiger partial charge in [-0.1, -0.05) is 19.8 Å². The molecular weight excluding hydrogens is 296 g/mol. The van der Waals surface area contributed by atoms with E-state index in [2.05, 4.69) is 12.2 Å². The Hall–Kier alpha value is -2.55. The summed E-state index contributed by atoms with van der Waals surface area (Å²) in [6.45, 7) is 3.89. The second-order valence-corrected chi connectivity index (χ2v) is 5.06. The van der Waals surface area contributed by atoms with Gasteiger partial charge >= 0.3 is 5.97 Å². The largest absolute Gasteiger partial charge is 0.479 e. The van der Waals surface area contributed by atoms with Crippen LogP contribution in [0.25, 0.3) is 0 Å². The molecule has 1 rings (SSSR count). The molecule has 0 aliphatic heterocycles. The van der Waals surface area contributed by atoms with Gasteiger partial charge < -0.3 is 14.8 Å². The van der Waals surface area contributed by atoms with Crippen LogP contribution in [0, 0.1) is 11.3 Å². The molecule has 1 amide bonds. The Morgan fingerprint density at radius 3 is 2.57 bits per heavy atom. The molecule has 0 saturated heterocycles. The molecule has 1 aromatic rings. The minimum absolute atomic E-state index is 0.313. The Morgan fingerprint density at radius 2 is 1.96 bits per heavy atom. The SMILES string of the molecule is CCCCCNC(=O)COC(=O)[C@H](C)Oc1ccc(C#N)cc1. The van der Waals surface area contributed by atoms with Crippen LogP contribution in [0.15, 0.2) is 24.3 Å². The van der Waals surface area contributed by atoms with Gasteiger partial charge in [0.15, 0.2) is 12.7 Å². The summed E-state index contributed by atoms with van der Waals surface area (Å²) in [5, 5.41) is 11.4. The molecule has 1 aromatic carbocycles. The van der Waals surface area contributed by atoms with Crippen LogP contribution in [0.2, 0.25) is 0 Å². The van der Waals surface area contributed by atoms with Gasteiger partial charge in [0.25, 0.3) is 5.91 Å². The van der Waals surface area contributed by atoms with Crippen LogP contribution < -0.4 is 10.1 Å². The second kappa shape index (κ2) is 10.2. The maximum atomic E-state index is 11.8. The smallest absolute Gasteiger partial charge is 0.347 e. The molecule has 0 aliphatic rings. The van der Waals surface area contributed by atoms with E-state index in [1.54, 1.807) is 31.2 Å². The van der Waals surface area contributed by atoms with Crippen molar-refractivity contribution in [2.75, 3.05) is 13.2 Å². The molecular formula is C17H22N2O4. The van der Waals surface area contributed by atoms with Crippen LogP contribution >= 0.6 is 0 Å². The number of unbranched alkanes of at least 4 members (excludes halogenated alkanes) is 2. The number of benzene rings is 1. The molecule has 6 heteroatoms. The third-order valence-electron chi connectivity index (χ3n) is 3.08. The van der Waals surface area contributed by atoms with Crippen LogP contribution in [-0.2, 0) is 14.3 Å². The Labute approximate surface area is 136 Å². The summed E-state index contributed by atoms with van der Waals surface area (Å²) in [5.41, 5.74) is 0.507. The number of carbonyl (C=O) groups is 2. The summed E-state index contributed by atoms with van der Waals surface area (Å²) in [5.74, 6) is -0.476. The predicted molar refractivity (Wildman–Crippen MR) is 84.7 cm³/mol. The molecule has 0 spiro atoms. The van der Waals surface area contributed by atoms with Gasteiger partial charge in [-0.05, 0) is 37.6 Å². The average Bonchev–Trinajstić information content (AvgIpc) is 2.57. The highest BCUT2D eigenvalue weighted by atomic mass is 16.6. The van der Waals surface area contributed by atoms with E-state index in [4.69, 9.17) is 14.7 Å². The molecule has 0 aliphatic carbocycles. The van der Waals surface area contributed by atoms with Crippen molar-refractivity contribution in [3.63, 3.8) is 0 Å². The highest BCUT2D eigenvalue weighted by molar-refractivity contribution is 5.81. The lowest BCUT2D eigenvalue weighted by molar-refractivity contribution is -0.154. The lowest BCUT2D eigenvalue weighted by atomic mass is 10.2. The Balaban J connectivity index is 2.30. The van der Waals surface area contributed by atoms with Crippen LogP contribution in [0.3, 0.4) is 0 Å². The van der Waals surface area contributed by atoms with Crippen LogP contribution in [0.5, 0.6) is 5.75 Å². The number of hydrogen-bond donors (Lipinski definition) is 1. The number of nitriles is 1. The molecule has 1 atom stereocenters. The Morgan fingerprint density at radius 1 is 1.26 bits per heavy atom. The van der Waals surface area contributed by atoms with Gasteiger partial charge in [-0.3, -0.25) is 4.79 Å². The van der Waals surface area contributed by atoms with Crippen LogP contribution in [0.4, 0.5) is 0 Å². The zero-order valence-electron chi connectivity index (χ0n) is 13.5. The fourth-order valence-corrected chi connectivity index (χ4v) is 1.77. The standard InChI is InChI=1S/C17H22N2O4/c1-3-4-5-10-19-16(20)12-22-17(21)13(2)23-15-8-6-14(11-18)7-9-15/h6-9,13H,3-5,10,12H2,1-2H3,(H,19,20)/t13-/m0/s1. The molecule has 0 heterocycles. The maximum Gasteiger partial charge on any atom is 0.347 e. The summed E-state index contributed by atoms with van der Waals surface area (Å²) in [6.07, 6.45) is 2.20. The molecule has 0 unspecified atom stereocenters.